The molecule has 6 nitrogen and oxygen atoms in total. The third-order valence-corrected chi connectivity index (χ3v) is 4.42. The van der Waals surface area contributed by atoms with Gasteiger partial charge in [-0.15, -0.1) is 0 Å². The quantitative estimate of drug-likeness (QED) is 0.589. The Bertz CT molecular complexity index is 795. The van der Waals surface area contributed by atoms with Crippen molar-refractivity contribution in [2.75, 3.05) is 13.1 Å². The van der Waals surface area contributed by atoms with Crippen molar-refractivity contribution in [3.05, 3.63) is 70.8 Å². The summed E-state index contributed by atoms with van der Waals surface area (Å²) in [6, 6.07) is 14.0. The van der Waals surface area contributed by atoms with Gasteiger partial charge in [0.2, 0.25) is 0 Å². The van der Waals surface area contributed by atoms with Gasteiger partial charge < -0.3 is 11.1 Å². The molecule has 0 bridgehead atoms. The Morgan fingerprint density at radius 3 is 2.12 bits per heavy atom. The molecule has 0 saturated heterocycles. The predicted octanol–water partition coefficient (Wildman–Crippen LogP) is 1.95. The van der Waals surface area contributed by atoms with Crippen molar-refractivity contribution >= 4 is 17.7 Å². The van der Waals surface area contributed by atoms with Crippen LogP contribution in [-0.4, -0.2) is 35.7 Å². The lowest BCUT2D eigenvalue weighted by molar-refractivity contribution is 0.0650. The summed E-state index contributed by atoms with van der Waals surface area (Å²) in [5, 5.41) is 2.84. The monoisotopic (exact) mass is 351 g/mol. The second-order valence-corrected chi connectivity index (χ2v) is 6.17. The number of nitrogens with zero attached hydrogens (tertiary/aromatic N) is 1. The van der Waals surface area contributed by atoms with Crippen molar-refractivity contribution in [1.29, 1.82) is 0 Å². The Morgan fingerprint density at radius 2 is 1.54 bits per heavy atom. The van der Waals surface area contributed by atoms with Crippen molar-refractivity contribution in [2.24, 2.45) is 5.73 Å². The lowest BCUT2D eigenvalue weighted by atomic mass is 10.1. The number of fused-ring (bicyclic) bond motifs is 1. The fourth-order valence-corrected chi connectivity index (χ4v) is 2.93. The van der Waals surface area contributed by atoms with Gasteiger partial charge in [0.25, 0.3) is 17.7 Å². The molecule has 134 valence electrons. The summed E-state index contributed by atoms with van der Waals surface area (Å²) in [7, 11) is 0. The number of nitrogens with one attached hydrogen (secondary N) is 1. The first-order valence-corrected chi connectivity index (χ1v) is 8.64. The van der Waals surface area contributed by atoms with Gasteiger partial charge in [-0.1, -0.05) is 24.3 Å². The fourth-order valence-electron chi connectivity index (χ4n) is 2.93. The smallest absolute Gasteiger partial charge is 0.261 e. The third kappa shape index (κ3) is 3.65. The largest absolute Gasteiger partial charge is 0.352 e. The Hall–Kier alpha value is -2.99. The van der Waals surface area contributed by atoms with Gasteiger partial charge >= 0.3 is 0 Å². The first kappa shape index (κ1) is 17.8. The number of carbonyl (C=O) groups is 3. The van der Waals surface area contributed by atoms with Crippen LogP contribution in [0.4, 0.5) is 0 Å². The highest BCUT2D eigenvalue weighted by atomic mass is 16.2. The highest BCUT2D eigenvalue weighted by Gasteiger charge is 2.34. The normalized spacial score (nSPS) is 13.0. The molecular weight excluding hydrogens is 330 g/mol. The lowest BCUT2D eigenvalue weighted by Crippen LogP contribution is -2.31. The van der Waals surface area contributed by atoms with Gasteiger partial charge in [0.15, 0.2) is 0 Å². The standard InChI is InChI=1S/C20H21N3O3/c21-13-14-7-9-15(10-8-14)18(24)22-11-3-4-12-23-19(25)16-5-1-2-6-17(16)20(23)26/h1-2,5-10H,3-4,11-13,21H2,(H,22,24). The molecule has 2 aromatic rings. The van der Waals surface area contributed by atoms with E-state index in [0.717, 1.165) is 5.56 Å². The van der Waals surface area contributed by atoms with Crippen LogP contribution < -0.4 is 11.1 Å². The number of imide groups is 1. The van der Waals surface area contributed by atoms with Gasteiger partial charge in [0.05, 0.1) is 11.1 Å². The molecule has 0 fully saturated rings. The van der Waals surface area contributed by atoms with Crippen LogP contribution in [0.15, 0.2) is 48.5 Å². The number of amides is 3. The Morgan fingerprint density at radius 1 is 0.923 bits per heavy atom. The van der Waals surface area contributed by atoms with E-state index >= 15 is 0 Å². The zero-order chi connectivity index (χ0) is 18.5. The highest BCUT2D eigenvalue weighted by Crippen LogP contribution is 2.22. The van der Waals surface area contributed by atoms with Gasteiger partial charge in [0.1, 0.15) is 0 Å². The van der Waals surface area contributed by atoms with Crippen molar-refractivity contribution in [2.45, 2.75) is 19.4 Å². The summed E-state index contributed by atoms with van der Waals surface area (Å²) < 4.78 is 0. The van der Waals surface area contributed by atoms with Crippen LogP contribution in [0, 0.1) is 0 Å². The Labute approximate surface area is 152 Å². The van der Waals surface area contributed by atoms with E-state index < -0.39 is 0 Å². The number of nitrogens with two attached hydrogens (primary N) is 1. The Balaban J connectivity index is 1.43. The third-order valence-electron chi connectivity index (χ3n) is 4.42. The average Bonchev–Trinajstić information content (AvgIpc) is 2.92. The summed E-state index contributed by atoms with van der Waals surface area (Å²) in [6.07, 6.45) is 1.32. The maximum Gasteiger partial charge on any atom is 0.261 e. The SMILES string of the molecule is NCc1ccc(C(=O)NCCCCN2C(=O)c3ccccc3C2=O)cc1. The topological polar surface area (TPSA) is 92.5 Å². The molecule has 6 heteroatoms. The second kappa shape index (κ2) is 7.93. The van der Waals surface area contributed by atoms with Crippen LogP contribution >= 0.6 is 0 Å². The second-order valence-electron chi connectivity index (χ2n) is 6.17. The average molecular weight is 351 g/mol. The minimum Gasteiger partial charge on any atom is -0.352 e. The summed E-state index contributed by atoms with van der Waals surface area (Å²) >= 11 is 0. The summed E-state index contributed by atoms with van der Waals surface area (Å²) in [6.45, 7) is 1.29. The van der Waals surface area contributed by atoms with Gasteiger partial charge in [-0.05, 0) is 42.7 Å². The molecular formula is C20H21N3O3. The maximum absolute atomic E-state index is 12.2. The molecule has 0 saturated carbocycles. The van der Waals surface area contributed by atoms with Crippen LogP contribution in [0.3, 0.4) is 0 Å². The molecule has 0 aromatic heterocycles. The van der Waals surface area contributed by atoms with Gasteiger partial charge in [0, 0.05) is 25.2 Å². The molecule has 3 N–H and O–H groups in total. The lowest BCUT2D eigenvalue weighted by Gasteiger charge is -2.13. The number of rotatable bonds is 7. The van der Waals surface area contributed by atoms with Crippen molar-refractivity contribution < 1.29 is 14.4 Å². The van der Waals surface area contributed by atoms with E-state index in [2.05, 4.69) is 5.32 Å². The van der Waals surface area contributed by atoms with E-state index in [1.165, 1.54) is 4.90 Å². The number of carbonyl (C=O) groups excluding carboxylic acids is 3. The van der Waals surface area contributed by atoms with Crippen LogP contribution in [0.5, 0.6) is 0 Å². The number of hydrogen-bond acceptors (Lipinski definition) is 4. The first-order valence-electron chi connectivity index (χ1n) is 8.64. The summed E-state index contributed by atoms with van der Waals surface area (Å²) in [5.74, 6) is -0.626. The number of benzene rings is 2. The summed E-state index contributed by atoms with van der Waals surface area (Å²) in [4.78, 5) is 37.8. The highest BCUT2D eigenvalue weighted by molar-refractivity contribution is 6.21. The molecule has 3 amide bonds. The minimum atomic E-state index is -0.241. The van der Waals surface area contributed by atoms with Gasteiger partial charge in [-0.3, -0.25) is 19.3 Å². The minimum absolute atomic E-state index is 0.144. The molecule has 1 aliphatic heterocycles. The molecule has 0 atom stereocenters. The molecule has 26 heavy (non-hydrogen) atoms. The molecule has 2 aromatic carbocycles. The molecule has 3 rings (SSSR count). The summed E-state index contributed by atoms with van der Waals surface area (Å²) in [5.41, 5.74) is 8.03. The maximum atomic E-state index is 12.2. The van der Waals surface area contributed by atoms with E-state index in [0.29, 0.717) is 49.2 Å². The van der Waals surface area contributed by atoms with E-state index in [4.69, 9.17) is 5.73 Å². The molecule has 0 spiro atoms. The van der Waals surface area contributed by atoms with Gasteiger partial charge in [-0.2, -0.15) is 0 Å². The number of unbranched alkanes of at least 4 members (excludes halogenated alkanes) is 1. The zero-order valence-electron chi connectivity index (χ0n) is 14.4. The van der Waals surface area contributed by atoms with Crippen molar-refractivity contribution in [1.82, 2.24) is 10.2 Å². The molecule has 0 aliphatic carbocycles. The Kier molecular flexibility index (Phi) is 5.43. The van der Waals surface area contributed by atoms with E-state index in [1.807, 2.05) is 12.1 Å². The van der Waals surface area contributed by atoms with Crippen molar-refractivity contribution in [3.8, 4) is 0 Å². The predicted molar refractivity (Wildman–Crippen MR) is 97.7 cm³/mol. The van der Waals surface area contributed by atoms with Crippen molar-refractivity contribution in [3.63, 3.8) is 0 Å². The van der Waals surface area contributed by atoms with Crippen LogP contribution in [0.25, 0.3) is 0 Å². The van der Waals surface area contributed by atoms with E-state index in [9.17, 15) is 14.4 Å². The zero-order valence-corrected chi connectivity index (χ0v) is 14.4. The van der Waals surface area contributed by atoms with Crippen LogP contribution in [-0.2, 0) is 6.54 Å². The van der Waals surface area contributed by atoms with Crippen LogP contribution in [0.1, 0.15) is 49.5 Å². The molecule has 0 unspecified atom stereocenters. The number of hydrogen-bond donors (Lipinski definition) is 2. The molecule has 0 radical (unpaired) electrons. The first-order chi connectivity index (χ1) is 12.6. The molecule has 1 heterocycles. The van der Waals surface area contributed by atoms with Gasteiger partial charge in [-0.25, -0.2) is 0 Å². The van der Waals surface area contributed by atoms with Crippen LogP contribution in [0.2, 0.25) is 0 Å². The van der Waals surface area contributed by atoms with E-state index in [-0.39, 0.29) is 17.7 Å². The molecule has 1 aliphatic rings. The fraction of sp³-hybridized carbons (Fsp3) is 0.250. The van der Waals surface area contributed by atoms with E-state index in [1.54, 1.807) is 36.4 Å².